The Labute approximate surface area is 191 Å². The van der Waals surface area contributed by atoms with Crippen LogP contribution in [0.5, 0.6) is 0 Å². The van der Waals surface area contributed by atoms with Gasteiger partial charge in [0.2, 0.25) is 0 Å². The number of unbranched alkanes of at least 4 members (excludes halogenated alkanes) is 1. The second kappa shape index (κ2) is 10.9. The van der Waals surface area contributed by atoms with Gasteiger partial charge in [-0.25, -0.2) is 13.2 Å². The summed E-state index contributed by atoms with van der Waals surface area (Å²) in [5, 5.41) is 10.4. The molecule has 0 aliphatic rings. The molecule has 3 aromatic rings. The lowest BCUT2D eigenvalue weighted by molar-refractivity contribution is 0.542. The maximum absolute atomic E-state index is 14.4. The van der Waals surface area contributed by atoms with Crippen LogP contribution in [0.3, 0.4) is 0 Å². The number of aryl methyl sites for hydroxylation is 2. The van der Waals surface area contributed by atoms with E-state index in [0.717, 1.165) is 36.0 Å². The van der Waals surface area contributed by atoms with E-state index in [-0.39, 0.29) is 10.7 Å². The molecule has 0 aliphatic heterocycles. The molecule has 5 heteroatoms. The third-order valence-corrected chi connectivity index (χ3v) is 5.84. The van der Waals surface area contributed by atoms with Crippen LogP contribution < -0.4 is 0 Å². The van der Waals surface area contributed by atoms with Gasteiger partial charge in [0.1, 0.15) is 22.9 Å². The first-order valence-electron chi connectivity index (χ1n) is 10.5. The molecule has 1 nitrogen and oxygen atoms in total. The van der Waals surface area contributed by atoms with Gasteiger partial charge in [-0.1, -0.05) is 44.2 Å². The van der Waals surface area contributed by atoms with Gasteiger partial charge in [-0.05, 0) is 89.7 Å². The molecule has 0 bridgehead atoms. The Morgan fingerprint density at radius 2 is 1.50 bits per heavy atom. The molecule has 162 valence electrons. The second-order valence-corrected chi connectivity index (χ2v) is 8.15. The van der Waals surface area contributed by atoms with E-state index in [0.29, 0.717) is 34.9 Å². The lowest BCUT2D eigenvalue weighted by atomic mass is 9.97. The normalized spacial score (nSPS) is 10.4. The minimum atomic E-state index is -0.772. The number of thioether (sulfide) groups is 1. The summed E-state index contributed by atoms with van der Waals surface area (Å²) in [5.41, 5.74) is 3.96. The predicted molar refractivity (Wildman–Crippen MR) is 124 cm³/mol. The van der Waals surface area contributed by atoms with Gasteiger partial charge in [-0.3, -0.25) is 0 Å². The molecule has 32 heavy (non-hydrogen) atoms. The number of halogens is 3. The number of hydrogen-bond acceptors (Lipinski definition) is 2. The van der Waals surface area contributed by atoms with Gasteiger partial charge in [0.05, 0.1) is 10.5 Å². The highest BCUT2D eigenvalue weighted by molar-refractivity contribution is 8.03. The third-order valence-electron chi connectivity index (χ3n) is 5.15. The highest BCUT2D eigenvalue weighted by atomic mass is 32.2. The zero-order chi connectivity index (χ0) is 23.1. The molecule has 0 aromatic heterocycles. The Bertz CT molecular complexity index is 1210. The minimum Gasteiger partial charge on any atom is -0.206 e. The number of nitriles is 1. The Morgan fingerprint density at radius 1 is 0.812 bits per heavy atom. The van der Waals surface area contributed by atoms with Gasteiger partial charge in [-0.15, -0.1) is 0 Å². The van der Waals surface area contributed by atoms with Crippen LogP contribution in [0.4, 0.5) is 13.2 Å². The highest BCUT2D eigenvalue weighted by Crippen LogP contribution is 2.31. The van der Waals surface area contributed by atoms with E-state index < -0.39 is 11.6 Å². The maximum Gasteiger partial charge on any atom is 0.141 e. The van der Waals surface area contributed by atoms with Crippen molar-refractivity contribution in [1.29, 1.82) is 5.26 Å². The summed E-state index contributed by atoms with van der Waals surface area (Å²) in [5.74, 6) is 4.07. The largest absolute Gasteiger partial charge is 0.206 e. The quantitative estimate of drug-likeness (QED) is 0.219. The Morgan fingerprint density at radius 3 is 2.12 bits per heavy atom. The monoisotopic (exact) mass is 449 g/mol. The fourth-order valence-electron chi connectivity index (χ4n) is 3.39. The summed E-state index contributed by atoms with van der Waals surface area (Å²) < 4.78 is 42.9. The van der Waals surface area contributed by atoms with E-state index in [1.807, 2.05) is 19.1 Å². The first kappa shape index (κ1) is 23.5. The van der Waals surface area contributed by atoms with Crippen LogP contribution >= 0.6 is 11.8 Å². The lowest BCUT2D eigenvalue weighted by Crippen LogP contribution is -1.93. The van der Waals surface area contributed by atoms with Gasteiger partial charge in [0, 0.05) is 5.56 Å². The van der Waals surface area contributed by atoms with Crippen molar-refractivity contribution in [3.8, 4) is 28.4 Å². The third kappa shape index (κ3) is 5.55. The minimum absolute atomic E-state index is 0.308. The topological polar surface area (TPSA) is 23.8 Å². The summed E-state index contributed by atoms with van der Waals surface area (Å²) in [6.45, 7) is 4.06. The molecule has 0 N–H and O–H groups in total. The van der Waals surface area contributed by atoms with Crippen LogP contribution in [0.15, 0.2) is 53.4 Å². The van der Waals surface area contributed by atoms with Crippen LogP contribution in [0.25, 0.3) is 11.1 Å². The molecule has 0 aliphatic carbocycles. The number of nitrogens with zero attached hydrogens (tertiary/aromatic N) is 1. The fraction of sp³-hybridized carbons (Fsp3) is 0.222. The lowest BCUT2D eigenvalue weighted by Gasteiger charge is -2.09. The molecule has 0 radical (unpaired) electrons. The van der Waals surface area contributed by atoms with E-state index >= 15 is 0 Å². The molecule has 0 amide bonds. The second-order valence-electron chi connectivity index (χ2n) is 7.36. The van der Waals surface area contributed by atoms with Crippen molar-refractivity contribution in [2.75, 3.05) is 0 Å². The zero-order valence-corrected chi connectivity index (χ0v) is 18.8. The molecule has 0 unspecified atom stereocenters. The Hall–Kier alpha value is -3.15. The van der Waals surface area contributed by atoms with Crippen molar-refractivity contribution in [1.82, 2.24) is 0 Å². The average molecular weight is 450 g/mol. The van der Waals surface area contributed by atoms with E-state index in [9.17, 15) is 13.2 Å². The number of thiocyanates is 1. The molecule has 0 saturated heterocycles. The van der Waals surface area contributed by atoms with Crippen LogP contribution in [0.2, 0.25) is 0 Å². The summed E-state index contributed by atoms with van der Waals surface area (Å²) in [4.78, 5) is -0.308. The van der Waals surface area contributed by atoms with Crippen LogP contribution in [-0.4, -0.2) is 0 Å². The van der Waals surface area contributed by atoms with Gasteiger partial charge in [-0.2, -0.15) is 5.26 Å². The van der Waals surface area contributed by atoms with Gasteiger partial charge >= 0.3 is 0 Å². The molecule has 0 saturated carbocycles. The van der Waals surface area contributed by atoms with Crippen LogP contribution in [-0.2, 0) is 12.8 Å². The molecular weight excluding hydrogens is 427 g/mol. The Balaban J connectivity index is 1.90. The summed E-state index contributed by atoms with van der Waals surface area (Å²) in [6.07, 6.45) is 3.58. The molecule has 0 atom stereocenters. The van der Waals surface area contributed by atoms with E-state index in [2.05, 4.69) is 18.8 Å². The van der Waals surface area contributed by atoms with Crippen LogP contribution in [0.1, 0.15) is 48.9 Å². The van der Waals surface area contributed by atoms with Crippen molar-refractivity contribution < 1.29 is 13.2 Å². The average Bonchev–Trinajstić information content (AvgIpc) is 2.79. The SMILES string of the molecule is CCCCc1ccc(C#Cc2ccc(-c3cc(F)c(SC#N)c(F)c3)cc2CC)c(F)c1. The molecule has 0 spiro atoms. The highest BCUT2D eigenvalue weighted by Gasteiger charge is 2.13. The number of benzene rings is 3. The first-order chi connectivity index (χ1) is 15.5. The van der Waals surface area contributed by atoms with E-state index in [1.54, 1.807) is 29.7 Å². The standard InChI is InChI=1S/C27H22F3NS/c1-3-5-6-18-7-8-21(24(28)13-18)11-9-20-10-12-22(14-19(20)4-2)23-15-25(29)27(32-17-31)26(30)16-23/h7-8,10,12-16H,3-6H2,1-2H3. The molecule has 0 fully saturated rings. The van der Waals surface area contributed by atoms with Gasteiger partial charge in [0.15, 0.2) is 0 Å². The molecule has 3 aromatic carbocycles. The maximum atomic E-state index is 14.4. The summed E-state index contributed by atoms with van der Waals surface area (Å²) >= 11 is 0.459. The summed E-state index contributed by atoms with van der Waals surface area (Å²) in [7, 11) is 0. The molecule has 0 heterocycles. The van der Waals surface area contributed by atoms with E-state index in [4.69, 9.17) is 5.26 Å². The number of rotatable bonds is 6. The van der Waals surface area contributed by atoms with Crippen molar-refractivity contribution in [2.45, 2.75) is 44.4 Å². The summed E-state index contributed by atoms with van der Waals surface area (Å²) in [6, 6.07) is 12.9. The van der Waals surface area contributed by atoms with Crippen LogP contribution in [0, 0.1) is 40.0 Å². The Kier molecular flexibility index (Phi) is 8.03. The smallest absolute Gasteiger partial charge is 0.141 e. The van der Waals surface area contributed by atoms with Crippen molar-refractivity contribution in [2.24, 2.45) is 0 Å². The molecule has 3 rings (SSSR count). The number of hydrogen-bond donors (Lipinski definition) is 0. The molecular formula is C27H22F3NS. The predicted octanol–water partition coefficient (Wildman–Crippen LogP) is 7.65. The first-order valence-corrected chi connectivity index (χ1v) is 11.3. The van der Waals surface area contributed by atoms with E-state index in [1.165, 1.54) is 12.1 Å². The van der Waals surface area contributed by atoms with Crippen molar-refractivity contribution in [3.63, 3.8) is 0 Å². The zero-order valence-electron chi connectivity index (χ0n) is 17.9. The van der Waals surface area contributed by atoms with Gasteiger partial charge in [0.25, 0.3) is 0 Å². The fourth-order valence-corrected chi connectivity index (χ4v) is 3.79. The van der Waals surface area contributed by atoms with Crippen molar-refractivity contribution in [3.05, 3.63) is 88.2 Å². The van der Waals surface area contributed by atoms with Crippen molar-refractivity contribution >= 4 is 11.8 Å². The van der Waals surface area contributed by atoms with Gasteiger partial charge < -0.3 is 0 Å².